The molecular formula is C15H23NO. The molecule has 1 N–H and O–H groups in total. The van der Waals surface area contributed by atoms with E-state index in [2.05, 4.69) is 31.3 Å². The minimum Gasteiger partial charge on any atom is -0.496 e. The highest BCUT2D eigenvalue weighted by Gasteiger charge is 2.15. The van der Waals surface area contributed by atoms with Gasteiger partial charge in [-0.1, -0.05) is 6.07 Å². The Bertz CT molecular complexity index is 381. The molecule has 1 aliphatic rings. The Morgan fingerprint density at radius 3 is 2.71 bits per heavy atom. The lowest BCUT2D eigenvalue weighted by atomic mass is 9.96. The SMILES string of the molecule is COc1cc(C)c(C)cc1CCC1CCNC1. The Labute approximate surface area is 104 Å². The molecule has 0 aromatic heterocycles. The predicted molar refractivity (Wildman–Crippen MR) is 71.8 cm³/mol. The van der Waals surface area contributed by atoms with Crippen molar-refractivity contribution in [2.45, 2.75) is 33.1 Å². The molecule has 0 spiro atoms. The molecule has 2 heteroatoms. The molecule has 0 aliphatic carbocycles. The number of methoxy groups -OCH3 is 1. The van der Waals surface area contributed by atoms with Crippen LogP contribution >= 0.6 is 0 Å². The highest BCUT2D eigenvalue weighted by Crippen LogP contribution is 2.26. The van der Waals surface area contributed by atoms with Crippen LogP contribution in [0.15, 0.2) is 12.1 Å². The second-order valence-electron chi connectivity index (χ2n) is 5.15. The Morgan fingerprint density at radius 1 is 1.29 bits per heavy atom. The highest BCUT2D eigenvalue weighted by atomic mass is 16.5. The topological polar surface area (TPSA) is 21.3 Å². The summed E-state index contributed by atoms with van der Waals surface area (Å²) in [6.45, 7) is 6.69. The lowest BCUT2D eigenvalue weighted by Crippen LogP contribution is -2.09. The fourth-order valence-electron chi connectivity index (χ4n) is 2.56. The van der Waals surface area contributed by atoms with E-state index in [9.17, 15) is 0 Å². The van der Waals surface area contributed by atoms with E-state index in [1.54, 1.807) is 7.11 Å². The molecule has 0 bridgehead atoms. The van der Waals surface area contributed by atoms with E-state index in [4.69, 9.17) is 4.74 Å². The highest BCUT2D eigenvalue weighted by molar-refractivity contribution is 5.41. The summed E-state index contributed by atoms with van der Waals surface area (Å²) in [4.78, 5) is 0. The number of hydrogen-bond donors (Lipinski definition) is 1. The summed E-state index contributed by atoms with van der Waals surface area (Å²) in [7, 11) is 1.77. The van der Waals surface area contributed by atoms with Crippen molar-refractivity contribution in [3.63, 3.8) is 0 Å². The van der Waals surface area contributed by atoms with Gasteiger partial charge in [0.1, 0.15) is 5.75 Å². The van der Waals surface area contributed by atoms with Gasteiger partial charge >= 0.3 is 0 Å². The van der Waals surface area contributed by atoms with Gasteiger partial charge in [0.2, 0.25) is 0 Å². The molecule has 0 amide bonds. The van der Waals surface area contributed by atoms with Gasteiger partial charge in [-0.3, -0.25) is 0 Å². The van der Waals surface area contributed by atoms with Gasteiger partial charge in [0, 0.05) is 0 Å². The van der Waals surface area contributed by atoms with E-state index in [0.717, 1.165) is 18.1 Å². The van der Waals surface area contributed by atoms with Crippen molar-refractivity contribution in [3.05, 3.63) is 28.8 Å². The third-order valence-corrected chi connectivity index (χ3v) is 3.88. The summed E-state index contributed by atoms with van der Waals surface area (Å²) in [5.41, 5.74) is 4.04. The number of aryl methyl sites for hydroxylation is 3. The van der Waals surface area contributed by atoms with Crippen LogP contribution in [0.25, 0.3) is 0 Å². The van der Waals surface area contributed by atoms with Crippen molar-refractivity contribution in [1.29, 1.82) is 0 Å². The van der Waals surface area contributed by atoms with Gasteiger partial charge in [-0.25, -0.2) is 0 Å². The van der Waals surface area contributed by atoms with E-state index < -0.39 is 0 Å². The van der Waals surface area contributed by atoms with Crippen LogP contribution in [0.1, 0.15) is 29.5 Å². The van der Waals surface area contributed by atoms with Crippen LogP contribution in [0.3, 0.4) is 0 Å². The molecule has 0 saturated carbocycles. The Balaban J connectivity index is 2.05. The van der Waals surface area contributed by atoms with Crippen molar-refractivity contribution in [1.82, 2.24) is 5.32 Å². The molecule has 1 fully saturated rings. The number of hydrogen-bond acceptors (Lipinski definition) is 2. The summed E-state index contributed by atoms with van der Waals surface area (Å²) in [5, 5.41) is 3.43. The van der Waals surface area contributed by atoms with Crippen LogP contribution in [0.2, 0.25) is 0 Å². The zero-order valence-corrected chi connectivity index (χ0v) is 11.2. The van der Waals surface area contributed by atoms with Gasteiger partial charge in [-0.2, -0.15) is 0 Å². The molecule has 1 aromatic carbocycles. The van der Waals surface area contributed by atoms with Crippen molar-refractivity contribution in [2.75, 3.05) is 20.2 Å². The fourth-order valence-corrected chi connectivity index (χ4v) is 2.56. The van der Waals surface area contributed by atoms with E-state index >= 15 is 0 Å². The maximum absolute atomic E-state index is 5.48. The molecule has 94 valence electrons. The zero-order valence-electron chi connectivity index (χ0n) is 11.2. The van der Waals surface area contributed by atoms with Gasteiger partial charge in [0.25, 0.3) is 0 Å². The van der Waals surface area contributed by atoms with E-state index in [-0.39, 0.29) is 0 Å². The molecule has 1 heterocycles. The Kier molecular flexibility index (Phi) is 4.06. The molecule has 2 rings (SSSR count). The normalized spacial score (nSPS) is 19.6. The predicted octanol–water partition coefficient (Wildman–Crippen LogP) is 2.85. The van der Waals surface area contributed by atoms with Crippen LogP contribution in [0.5, 0.6) is 5.75 Å². The summed E-state index contributed by atoms with van der Waals surface area (Å²) in [6, 6.07) is 4.45. The van der Waals surface area contributed by atoms with E-state index in [1.165, 1.54) is 42.6 Å². The van der Waals surface area contributed by atoms with Gasteiger partial charge in [-0.05, 0) is 74.9 Å². The summed E-state index contributed by atoms with van der Waals surface area (Å²) in [6.07, 6.45) is 3.73. The first-order chi connectivity index (χ1) is 8.20. The van der Waals surface area contributed by atoms with Crippen molar-refractivity contribution in [3.8, 4) is 5.75 Å². The van der Waals surface area contributed by atoms with Crippen molar-refractivity contribution in [2.24, 2.45) is 5.92 Å². The number of nitrogens with one attached hydrogen (secondary N) is 1. The minimum atomic E-state index is 0.848. The maximum atomic E-state index is 5.48. The third kappa shape index (κ3) is 3.01. The lowest BCUT2D eigenvalue weighted by molar-refractivity contribution is 0.406. The zero-order chi connectivity index (χ0) is 12.3. The smallest absolute Gasteiger partial charge is 0.122 e. The summed E-state index contributed by atoms with van der Waals surface area (Å²) in [5.74, 6) is 1.90. The Morgan fingerprint density at radius 2 is 2.06 bits per heavy atom. The van der Waals surface area contributed by atoms with E-state index in [1.807, 2.05) is 0 Å². The average molecular weight is 233 g/mol. The maximum Gasteiger partial charge on any atom is 0.122 e. The number of benzene rings is 1. The lowest BCUT2D eigenvalue weighted by Gasteiger charge is -2.13. The minimum absolute atomic E-state index is 0.848. The molecule has 2 nitrogen and oxygen atoms in total. The summed E-state index contributed by atoms with van der Waals surface area (Å²) >= 11 is 0. The first-order valence-electron chi connectivity index (χ1n) is 6.55. The molecule has 1 aliphatic heterocycles. The van der Waals surface area contributed by atoms with E-state index in [0.29, 0.717) is 0 Å². The van der Waals surface area contributed by atoms with Crippen LogP contribution in [0, 0.1) is 19.8 Å². The molecule has 1 atom stereocenters. The largest absolute Gasteiger partial charge is 0.496 e. The van der Waals surface area contributed by atoms with Gasteiger partial charge in [0.15, 0.2) is 0 Å². The standard InChI is InChI=1S/C15H23NO/c1-11-8-14(15(17-3)9-12(11)2)5-4-13-6-7-16-10-13/h8-9,13,16H,4-7,10H2,1-3H3. The first kappa shape index (κ1) is 12.4. The quantitative estimate of drug-likeness (QED) is 0.863. The van der Waals surface area contributed by atoms with Crippen LogP contribution < -0.4 is 10.1 Å². The molecule has 1 unspecified atom stereocenters. The molecule has 0 radical (unpaired) electrons. The molecule has 1 aromatic rings. The molecule has 1 saturated heterocycles. The van der Waals surface area contributed by atoms with Crippen LogP contribution in [0.4, 0.5) is 0 Å². The second-order valence-corrected chi connectivity index (χ2v) is 5.15. The van der Waals surface area contributed by atoms with Crippen LogP contribution in [-0.4, -0.2) is 20.2 Å². The van der Waals surface area contributed by atoms with Gasteiger partial charge in [0.05, 0.1) is 7.11 Å². The number of ether oxygens (including phenoxy) is 1. The van der Waals surface area contributed by atoms with Crippen LogP contribution in [-0.2, 0) is 6.42 Å². The molecular weight excluding hydrogens is 210 g/mol. The van der Waals surface area contributed by atoms with Crippen molar-refractivity contribution < 1.29 is 4.74 Å². The van der Waals surface area contributed by atoms with Gasteiger partial charge in [-0.15, -0.1) is 0 Å². The third-order valence-electron chi connectivity index (χ3n) is 3.88. The monoisotopic (exact) mass is 233 g/mol. The fraction of sp³-hybridized carbons (Fsp3) is 0.600. The second kappa shape index (κ2) is 5.54. The number of rotatable bonds is 4. The Hall–Kier alpha value is -1.02. The van der Waals surface area contributed by atoms with Gasteiger partial charge < -0.3 is 10.1 Å². The van der Waals surface area contributed by atoms with Crippen molar-refractivity contribution >= 4 is 0 Å². The molecule has 17 heavy (non-hydrogen) atoms. The summed E-state index contributed by atoms with van der Waals surface area (Å²) < 4.78 is 5.48. The average Bonchev–Trinajstić information content (AvgIpc) is 2.83. The first-order valence-corrected chi connectivity index (χ1v) is 6.55.